The van der Waals surface area contributed by atoms with Crippen LogP contribution in [-0.4, -0.2) is 60.0 Å². The lowest BCUT2D eigenvalue weighted by Gasteiger charge is -2.39. The monoisotopic (exact) mass is 612 g/mol. The summed E-state index contributed by atoms with van der Waals surface area (Å²) in [6.07, 6.45) is -1.48. The van der Waals surface area contributed by atoms with Crippen molar-refractivity contribution in [3.05, 3.63) is 72.1 Å². The zero-order valence-electron chi connectivity index (χ0n) is 25.9. The van der Waals surface area contributed by atoms with Gasteiger partial charge in [-0.05, 0) is 87.4 Å². The molecule has 3 aromatic rings. The molecule has 3 heterocycles. The van der Waals surface area contributed by atoms with Crippen LogP contribution >= 0.6 is 0 Å². The minimum absolute atomic E-state index is 0.125. The number of hydrogen-bond donors (Lipinski definition) is 1. The second-order valence-electron chi connectivity index (χ2n) is 10.7. The molecule has 4 rings (SSSR count). The molecule has 2 aromatic heterocycles. The van der Waals surface area contributed by atoms with Gasteiger partial charge >= 0.3 is 12.4 Å². The predicted molar refractivity (Wildman–Crippen MR) is 164 cm³/mol. The van der Waals surface area contributed by atoms with Crippen LogP contribution in [0.15, 0.2) is 60.9 Å². The Labute approximate surface area is 256 Å². The Morgan fingerprint density at radius 1 is 0.818 bits per heavy atom. The Balaban J connectivity index is 1.83. The fraction of sp³-hybridized carbons (Fsp3) is 0.438. The molecule has 0 bridgehead atoms. The van der Waals surface area contributed by atoms with E-state index in [1.54, 1.807) is 12.4 Å². The summed E-state index contributed by atoms with van der Waals surface area (Å²) >= 11 is 0. The third-order valence-corrected chi connectivity index (χ3v) is 8.48. The van der Waals surface area contributed by atoms with Crippen molar-refractivity contribution in [1.29, 1.82) is 0 Å². The molecular formula is C32H39F3N6O3. The number of imide groups is 1. The SMILES string of the molecule is CCN(CC)c1cc(C(C)C2(C(C)c3ccnc(N(CC)CC)c3)NC(=O)N(c3ccc(OC(F)(F)F)cc3)C2=O)ccn1. The predicted octanol–water partition coefficient (Wildman–Crippen LogP) is 6.47. The smallest absolute Gasteiger partial charge is 0.406 e. The molecule has 3 amide bonds. The van der Waals surface area contributed by atoms with Crippen molar-refractivity contribution >= 4 is 29.3 Å². The molecule has 0 spiro atoms. The second-order valence-corrected chi connectivity index (χ2v) is 10.7. The molecule has 12 heteroatoms. The van der Waals surface area contributed by atoms with Crippen LogP contribution in [0.2, 0.25) is 0 Å². The van der Waals surface area contributed by atoms with E-state index in [1.165, 1.54) is 12.1 Å². The highest BCUT2D eigenvalue weighted by molar-refractivity contribution is 6.24. The first kappa shape index (κ1) is 32.6. The summed E-state index contributed by atoms with van der Waals surface area (Å²) in [5.74, 6) is -0.534. The molecule has 1 fully saturated rings. The highest BCUT2D eigenvalue weighted by Crippen LogP contribution is 2.45. The minimum Gasteiger partial charge on any atom is -0.406 e. The van der Waals surface area contributed by atoms with Crippen molar-refractivity contribution < 1.29 is 27.5 Å². The van der Waals surface area contributed by atoms with Crippen LogP contribution in [0.25, 0.3) is 0 Å². The maximum atomic E-state index is 14.6. The van der Waals surface area contributed by atoms with Gasteiger partial charge in [0, 0.05) is 50.4 Å². The second kappa shape index (κ2) is 13.1. The molecule has 2 unspecified atom stereocenters. The van der Waals surface area contributed by atoms with E-state index in [1.807, 2.05) is 65.8 Å². The standard InChI is InChI=1S/C32H39F3N6O3/c1-7-39(8-2)27-19-23(15-17-36-27)21(5)31(22(6)24-16-18-37-28(20-24)40(9-3)10-4)29(42)41(30(43)38-31)25-11-13-26(14-12-25)44-32(33,34)35/h11-22H,7-10H2,1-6H3,(H,38,43). The van der Waals surface area contributed by atoms with Gasteiger partial charge in [0.15, 0.2) is 0 Å². The van der Waals surface area contributed by atoms with Crippen LogP contribution in [0.1, 0.15) is 64.5 Å². The fourth-order valence-corrected chi connectivity index (χ4v) is 5.93. The van der Waals surface area contributed by atoms with Crippen LogP contribution in [0, 0.1) is 0 Å². The van der Waals surface area contributed by atoms with E-state index >= 15 is 0 Å². The molecule has 1 aliphatic rings. The Morgan fingerprint density at radius 2 is 1.27 bits per heavy atom. The highest BCUT2D eigenvalue weighted by Gasteiger charge is 2.58. The average molecular weight is 613 g/mol. The van der Waals surface area contributed by atoms with Crippen molar-refractivity contribution in [2.24, 2.45) is 0 Å². The van der Waals surface area contributed by atoms with Crippen molar-refractivity contribution in [1.82, 2.24) is 15.3 Å². The number of nitrogens with one attached hydrogen (secondary N) is 1. The van der Waals surface area contributed by atoms with Crippen molar-refractivity contribution in [3.8, 4) is 5.75 Å². The average Bonchev–Trinajstić information content (AvgIpc) is 3.28. The molecule has 0 radical (unpaired) electrons. The molecule has 1 aromatic carbocycles. The number of urea groups is 1. The van der Waals surface area contributed by atoms with Gasteiger partial charge < -0.3 is 19.9 Å². The summed E-state index contributed by atoms with van der Waals surface area (Å²) in [6.45, 7) is 14.9. The maximum Gasteiger partial charge on any atom is 0.573 e. The summed E-state index contributed by atoms with van der Waals surface area (Å²) in [5.41, 5.74) is 0.273. The van der Waals surface area contributed by atoms with Crippen LogP contribution in [-0.2, 0) is 4.79 Å². The Hall–Kier alpha value is -4.35. The number of ether oxygens (including phenoxy) is 1. The minimum atomic E-state index is -4.87. The molecule has 0 aliphatic carbocycles. The summed E-state index contributed by atoms with van der Waals surface area (Å²) in [6, 6.07) is 11.6. The van der Waals surface area contributed by atoms with Crippen molar-refractivity contribution in [2.45, 2.75) is 65.3 Å². The van der Waals surface area contributed by atoms with E-state index in [-0.39, 0.29) is 5.69 Å². The quantitative estimate of drug-likeness (QED) is 0.235. The number of hydrogen-bond acceptors (Lipinski definition) is 7. The number of rotatable bonds is 12. The number of anilines is 3. The molecule has 44 heavy (non-hydrogen) atoms. The summed E-state index contributed by atoms with van der Waals surface area (Å²) in [4.78, 5) is 42.5. The van der Waals surface area contributed by atoms with Gasteiger partial charge in [-0.1, -0.05) is 13.8 Å². The number of halogens is 3. The first-order chi connectivity index (χ1) is 20.9. The molecule has 236 valence electrons. The largest absolute Gasteiger partial charge is 0.573 e. The summed E-state index contributed by atoms with van der Waals surface area (Å²) < 4.78 is 42.2. The lowest BCUT2D eigenvalue weighted by Crippen LogP contribution is -2.55. The zero-order chi connectivity index (χ0) is 32.2. The normalized spacial score (nSPS) is 18.2. The van der Waals surface area contributed by atoms with E-state index in [0.29, 0.717) is 0 Å². The van der Waals surface area contributed by atoms with Gasteiger partial charge in [-0.15, -0.1) is 13.2 Å². The Bertz CT molecular complexity index is 1400. The van der Waals surface area contributed by atoms with E-state index in [4.69, 9.17) is 0 Å². The third-order valence-electron chi connectivity index (χ3n) is 8.48. The number of carbonyl (C=O) groups is 2. The fourth-order valence-electron chi connectivity index (χ4n) is 5.93. The Morgan fingerprint density at radius 3 is 1.68 bits per heavy atom. The van der Waals surface area contributed by atoms with Crippen molar-refractivity contribution in [3.63, 3.8) is 0 Å². The molecule has 1 N–H and O–H groups in total. The first-order valence-corrected chi connectivity index (χ1v) is 14.8. The number of carbonyl (C=O) groups excluding carboxylic acids is 2. The van der Waals surface area contributed by atoms with Gasteiger partial charge in [-0.25, -0.2) is 19.7 Å². The number of benzene rings is 1. The molecule has 0 saturated carbocycles. The lowest BCUT2D eigenvalue weighted by molar-refractivity contribution is -0.274. The number of amides is 3. The number of pyridine rings is 2. The first-order valence-electron chi connectivity index (χ1n) is 14.8. The van der Waals surface area contributed by atoms with Crippen LogP contribution < -0.4 is 24.8 Å². The molecule has 1 aliphatic heterocycles. The van der Waals surface area contributed by atoms with Gasteiger partial charge in [-0.3, -0.25) is 4.79 Å². The van der Waals surface area contributed by atoms with E-state index in [0.717, 1.165) is 66.0 Å². The zero-order valence-corrected chi connectivity index (χ0v) is 25.9. The van der Waals surface area contributed by atoms with Crippen LogP contribution in [0.3, 0.4) is 0 Å². The summed E-state index contributed by atoms with van der Waals surface area (Å²) in [5, 5.41) is 3.03. The summed E-state index contributed by atoms with van der Waals surface area (Å²) in [7, 11) is 0. The molecule has 9 nitrogen and oxygen atoms in total. The van der Waals surface area contributed by atoms with Gasteiger partial charge in [0.25, 0.3) is 5.91 Å². The van der Waals surface area contributed by atoms with E-state index in [9.17, 15) is 22.8 Å². The van der Waals surface area contributed by atoms with E-state index in [2.05, 4.69) is 29.8 Å². The number of aromatic nitrogens is 2. The van der Waals surface area contributed by atoms with Gasteiger partial charge in [0.05, 0.1) is 5.69 Å². The van der Waals surface area contributed by atoms with Gasteiger partial charge in [0.1, 0.15) is 22.9 Å². The van der Waals surface area contributed by atoms with Crippen LogP contribution in [0.5, 0.6) is 5.75 Å². The third kappa shape index (κ3) is 6.29. The Kier molecular flexibility index (Phi) is 9.70. The van der Waals surface area contributed by atoms with Gasteiger partial charge in [-0.2, -0.15) is 0 Å². The van der Waals surface area contributed by atoms with E-state index < -0.39 is 41.4 Å². The number of alkyl halides is 3. The molecule has 1 saturated heterocycles. The van der Waals surface area contributed by atoms with Gasteiger partial charge in [0.2, 0.25) is 0 Å². The highest BCUT2D eigenvalue weighted by atomic mass is 19.4. The molecule has 2 atom stereocenters. The van der Waals surface area contributed by atoms with Crippen LogP contribution in [0.4, 0.5) is 35.3 Å². The topological polar surface area (TPSA) is 90.9 Å². The lowest BCUT2D eigenvalue weighted by atomic mass is 9.70. The molecular weight excluding hydrogens is 573 g/mol. The number of nitrogens with zero attached hydrogens (tertiary/aromatic N) is 5. The maximum absolute atomic E-state index is 14.6. The van der Waals surface area contributed by atoms with Crippen molar-refractivity contribution in [2.75, 3.05) is 40.9 Å².